The minimum absolute atomic E-state index is 0.300. The van der Waals surface area contributed by atoms with Crippen LogP contribution in [0.4, 0.5) is 0 Å². The number of nitrogens with two attached hydrogens (primary N) is 1. The van der Waals surface area contributed by atoms with Crippen molar-refractivity contribution in [3.8, 4) is 11.8 Å². The molecule has 0 aliphatic rings. The van der Waals surface area contributed by atoms with Crippen molar-refractivity contribution in [1.82, 2.24) is 9.78 Å². The molecule has 1 amide bonds. The molecule has 1 heterocycles. The van der Waals surface area contributed by atoms with E-state index in [4.69, 9.17) is 11.0 Å². The second-order valence-electron chi connectivity index (χ2n) is 3.31. The predicted molar refractivity (Wildman–Crippen MR) is 64.5 cm³/mol. The van der Waals surface area contributed by atoms with Crippen molar-refractivity contribution in [2.75, 3.05) is 0 Å². The Balaban J connectivity index is 2.56. The molecule has 2 rings (SSSR count). The molecule has 0 aliphatic carbocycles. The highest BCUT2D eigenvalue weighted by molar-refractivity contribution is 9.10. The van der Waals surface area contributed by atoms with Gasteiger partial charge in [-0.3, -0.25) is 4.79 Å². The summed E-state index contributed by atoms with van der Waals surface area (Å²) < 4.78 is 2.27. The second kappa shape index (κ2) is 4.39. The highest BCUT2D eigenvalue weighted by Gasteiger charge is 2.09. The normalized spacial score (nSPS) is 9.88. The Labute approximate surface area is 106 Å². The zero-order valence-electron chi connectivity index (χ0n) is 8.59. The lowest BCUT2D eigenvalue weighted by molar-refractivity contribution is 0.100. The third-order valence-corrected chi connectivity index (χ3v) is 2.69. The van der Waals surface area contributed by atoms with Crippen LogP contribution in [0, 0.1) is 11.3 Å². The summed E-state index contributed by atoms with van der Waals surface area (Å²) in [5.74, 6) is -0.551. The van der Waals surface area contributed by atoms with E-state index in [1.165, 1.54) is 17.1 Å². The van der Waals surface area contributed by atoms with Gasteiger partial charge in [0.05, 0.1) is 23.0 Å². The van der Waals surface area contributed by atoms with Crippen LogP contribution in [0.15, 0.2) is 35.1 Å². The number of carbonyl (C=O) groups is 1. The molecule has 84 valence electrons. The van der Waals surface area contributed by atoms with Gasteiger partial charge in [0.2, 0.25) is 0 Å². The molecule has 2 aromatic rings. The molecule has 1 aromatic heterocycles. The fourth-order valence-corrected chi connectivity index (χ4v) is 1.72. The first-order valence-electron chi connectivity index (χ1n) is 4.66. The van der Waals surface area contributed by atoms with Gasteiger partial charge < -0.3 is 5.73 Å². The number of hydrogen-bond donors (Lipinski definition) is 1. The van der Waals surface area contributed by atoms with E-state index in [0.29, 0.717) is 16.8 Å². The Morgan fingerprint density at radius 2 is 2.29 bits per heavy atom. The molecule has 0 unspecified atom stereocenters. The smallest absolute Gasteiger partial charge is 0.251 e. The summed E-state index contributed by atoms with van der Waals surface area (Å²) in [5, 5.41) is 13.0. The first kappa shape index (κ1) is 11.4. The molecule has 0 bridgehead atoms. The van der Waals surface area contributed by atoms with Gasteiger partial charge in [-0.25, -0.2) is 4.68 Å². The van der Waals surface area contributed by atoms with Gasteiger partial charge in [-0.2, -0.15) is 10.4 Å². The van der Waals surface area contributed by atoms with E-state index in [1.807, 2.05) is 0 Å². The summed E-state index contributed by atoms with van der Waals surface area (Å²) >= 11 is 3.32. The van der Waals surface area contributed by atoms with Crippen LogP contribution in [-0.4, -0.2) is 15.7 Å². The lowest BCUT2D eigenvalue weighted by Gasteiger charge is -2.04. The average molecular weight is 291 g/mol. The number of aromatic nitrogens is 2. The third-order valence-electron chi connectivity index (χ3n) is 2.19. The summed E-state index contributed by atoms with van der Waals surface area (Å²) in [6.45, 7) is 0. The van der Waals surface area contributed by atoms with Gasteiger partial charge in [0, 0.05) is 10.7 Å². The van der Waals surface area contributed by atoms with Crippen LogP contribution >= 0.6 is 15.9 Å². The van der Waals surface area contributed by atoms with Crippen LogP contribution in [-0.2, 0) is 0 Å². The lowest BCUT2D eigenvalue weighted by atomic mass is 10.2. The Bertz CT molecular complexity index is 627. The molecule has 0 saturated heterocycles. The molecule has 6 heteroatoms. The quantitative estimate of drug-likeness (QED) is 0.912. The zero-order valence-corrected chi connectivity index (χ0v) is 10.2. The molecule has 0 atom stereocenters. The maximum atomic E-state index is 11.0. The largest absolute Gasteiger partial charge is 0.366 e. The van der Waals surface area contributed by atoms with Crippen LogP contribution in [0.5, 0.6) is 0 Å². The van der Waals surface area contributed by atoms with E-state index >= 15 is 0 Å². The van der Waals surface area contributed by atoms with Gasteiger partial charge in [0.25, 0.3) is 5.91 Å². The monoisotopic (exact) mass is 290 g/mol. The van der Waals surface area contributed by atoms with Crippen LogP contribution in [0.25, 0.3) is 5.69 Å². The first-order valence-corrected chi connectivity index (χ1v) is 5.45. The molecule has 0 saturated carbocycles. The summed E-state index contributed by atoms with van der Waals surface area (Å²) in [4.78, 5) is 11.0. The van der Waals surface area contributed by atoms with Crippen LogP contribution in [0.2, 0.25) is 0 Å². The molecule has 1 aromatic carbocycles. The van der Waals surface area contributed by atoms with E-state index in [2.05, 4.69) is 27.1 Å². The number of nitriles is 1. The number of rotatable bonds is 2. The Morgan fingerprint density at radius 3 is 2.88 bits per heavy atom. The van der Waals surface area contributed by atoms with Gasteiger partial charge in [-0.15, -0.1) is 0 Å². The summed E-state index contributed by atoms with van der Waals surface area (Å²) in [5.41, 5.74) is 6.50. The van der Waals surface area contributed by atoms with Gasteiger partial charge in [-0.1, -0.05) is 15.9 Å². The Morgan fingerprint density at radius 1 is 1.53 bits per heavy atom. The van der Waals surface area contributed by atoms with Crippen LogP contribution in [0.3, 0.4) is 0 Å². The molecular weight excluding hydrogens is 284 g/mol. The fraction of sp³-hybridized carbons (Fsp3) is 0. The van der Waals surface area contributed by atoms with Gasteiger partial charge in [0.15, 0.2) is 0 Å². The maximum absolute atomic E-state index is 11.0. The molecule has 0 radical (unpaired) electrons. The highest BCUT2D eigenvalue weighted by Crippen LogP contribution is 2.19. The van der Waals surface area contributed by atoms with Crippen molar-refractivity contribution < 1.29 is 4.79 Å². The van der Waals surface area contributed by atoms with Crippen LogP contribution in [0.1, 0.15) is 15.9 Å². The standard InChI is InChI=1S/C11H7BrN4O/c12-9-2-1-7(4-13)10(3-9)16-6-8(5-15-16)11(14)17/h1-3,5-6H,(H2,14,17). The second-order valence-corrected chi connectivity index (χ2v) is 4.23. The van der Waals surface area contributed by atoms with E-state index in [9.17, 15) is 4.79 Å². The minimum atomic E-state index is -0.551. The molecule has 0 spiro atoms. The summed E-state index contributed by atoms with van der Waals surface area (Å²) in [6, 6.07) is 7.24. The molecule has 2 N–H and O–H groups in total. The van der Waals surface area contributed by atoms with E-state index in [1.54, 1.807) is 18.2 Å². The van der Waals surface area contributed by atoms with Crippen molar-refractivity contribution in [3.63, 3.8) is 0 Å². The predicted octanol–water partition coefficient (Wildman–Crippen LogP) is 1.61. The number of hydrogen-bond acceptors (Lipinski definition) is 3. The van der Waals surface area contributed by atoms with Gasteiger partial charge in [0.1, 0.15) is 6.07 Å². The summed E-state index contributed by atoms with van der Waals surface area (Å²) in [6.07, 6.45) is 2.86. The van der Waals surface area contributed by atoms with Gasteiger partial charge >= 0.3 is 0 Å². The minimum Gasteiger partial charge on any atom is -0.366 e. The third kappa shape index (κ3) is 2.19. The fourth-order valence-electron chi connectivity index (χ4n) is 1.37. The van der Waals surface area contributed by atoms with E-state index in [0.717, 1.165) is 4.47 Å². The molecule has 0 fully saturated rings. The van der Waals surface area contributed by atoms with Crippen molar-refractivity contribution >= 4 is 21.8 Å². The molecule has 0 aliphatic heterocycles. The summed E-state index contributed by atoms with van der Waals surface area (Å²) in [7, 11) is 0. The highest BCUT2D eigenvalue weighted by atomic mass is 79.9. The zero-order chi connectivity index (χ0) is 12.4. The van der Waals surface area contributed by atoms with Crippen LogP contribution < -0.4 is 5.73 Å². The van der Waals surface area contributed by atoms with Crippen molar-refractivity contribution in [3.05, 3.63) is 46.2 Å². The van der Waals surface area contributed by atoms with E-state index < -0.39 is 5.91 Å². The SMILES string of the molecule is N#Cc1ccc(Br)cc1-n1cc(C(N)=O)cn1. The lowest BCUT2D eigenvalue weighted by Crippen LogP contribution is -2.09. The Hall–Kier alpha value is -2.13. The van der Waals surface area contributed by atoms with Gasteiger partial charge in [-0.05, 0) is 18.2 Å². The molecular formula is C11H7BrN4O. The number of nitrogens with zero attached hydrogens (tertiary/aromatic N) is 3. The average Bonchev–Trinajstić information content (AvgIpc) is 2.78. The Kier molecular flexibility index (Phi) is 2.93. The first-order chi connectivity index (χ1) is 8.11. The maximum Gasteiger partial charge on any atom is 0.251 e. The topological polar surface area (TPSA) is 84.7 Å². The van der Waals surface area contributed by atoms with Crippen molar-refractivity contribution in [2.45, 2.75) is 0 Å². The number of halogens is 1. The molecule has 17 heavy (non-hydrogen) atoms. The number of primary amides is 1. The number of benzene rings is 1. The molecule has 5 nitrogen and oxygen atoms in total. The number of amides is 1. The van der Waals surface area contributed by atoms with Crippen molar-refractivity contribution in [1.29, 1.82) is 5.26 Å². The number of carbonyl (C=O) groups excluding carboxylic acids is 1. The van der Waals surface area contributed by atoms with Crippen molar-refractivity contribution in [2.24, 2.45) is 5.73 Å². The van der Waals surface area contributed by atoms with E-state index in [-0.39, 0.29) is 0 Å².